The lowest BCUT2D eigenvalue weighted by Crippen LogP contribution is -2.50. The van der Waals surface area contributed by atoms with Crippen molar-refractivity contribution in [1.82, 2.24) is 19.7 Å². The number of benzene rings is 2. The Morgan fingerprint density at radius 1 is 1.04 bits per heavy atom. The molecule has 1 aromatic heterocycles. The molecule has 0 bridgehead atoms. The molecule has 27 heavy (non-hydrogen) atoms. The quantitative estimate of drug-likeness (QED) is 0.718. The maximum Gasteiger partial charge on any atom is 0.293 e. The van der Waals surface area contributed by atoms with Gasteiger partial charge < -0.3 is 9.64 Å². The van der Waals surface area contributed by atoms with Crippen molar-refractivity contribution in [3.63, 3.8) is 0 Å². The highest BCUT2D eigenvalue weighted by Crippen LogP contribution is 2.22. The molecule has 6 heteroatoms. The van der Waals surface area contributed by atoms with Gasteiger partial charge in [-0.1, -0.05) is 48.5 Å². The lowest BCUT2D eigenvalue weighted by Gasteiger charge is -2.36. The summed E-state index contributed by atoms with van der Waals surface area (Å²) in [5, 5.41) is 4.56. The highest BCUT2D eigenvalue weighted by molar-refractivity contribution is 5.91. The van der Waals surface area contributed by atoms with Crippen LogP contribution >= 0.6 is 0 Å². The number of carbonyl (C=O) groups is 1. The first-order chi connectivity index (χ1) is 13.1. The summed E-state index contributed by atoms with van der Waals surface area (Å²) in [5.74, 6) is 0.697. The predicted octanol–water partition coefficient (Wildman–Crippen LogP) is 3.18. The number of carbonyl (C=O) groups excluding carboxylic acids is 1. The van der Waals surface area contributed by atoms with Crippen LogP contribution in [-0.4, -0.2) is 50.9 Å². The minimum atomic E-state index is -0.162. The second-order valence-electron chi connectivity index (χ2n) is 6.82. The molecule has 6 nitrogen and oxygen atoms in total. The zero-order valence-corrected chi connectivity index (χ0v) is 15.4. The van der Waals surface area contributed by atoms with E-state index >= 15 is 0 Å². The molecule has 4 rings (SSSR count). The van der Waals surface area contributed by atoms with E-state index in [2.05, 4.69) is 10.1 Å². The lowest BCUT2D eigenvalue weighted by molar-refractivity contribution is -0.0391. The molecule has 2 atom stereocenters. The molecule has 2 heterocycles. The standard InChI is InChI=1S/C21H22N4O2/c1-15-14-27-16(2)13-24(15)21(26)19-22-20(17-9-5-3-6-10-17)25(23-19)18-11-7-4-8-12-18/h3-12,15-16H,13-14H2,1-2H3. The van der Waals surface area contributed by atoms with Crippen molar-refractivity contribution in [2.24, 2.45) is 0 Å². The van der Waals surface area contributed by atoms with Gasteiger partial charge in [-0.3, -0.25) is 4.79 Å². The Bertz CT molecular complexity index is 867. The van der Waals surface area contributed by atoms with Gasteiger partial charge in [0.1, 0.15) is 0 Å². The first-order valence-electron chi connectivity index (χ1n) is 9.14. The summed E-state index contributed by atoms with van der Waals surface area (Å²) >= 11 is 0. The number of rotatable bonds is 3. The molecule has 0 radical (unpaired) electrons. The number of hydrogen-bond acceptors (Lipinski definition) is 4. The van der Waals surface area contributed by atoms with Crippen LogP contribution in [0.25, 0.3) is 17.1 Å². The monoisotopic (exact) mass is 362 g/mol. The maximum atomic E-state index is 13.1. The minimum Gasteiger partial charge on any atom is -0.375 e. The van der Waals surface area contributed by atoms with E-state index in [0.29, 0.717) is 19.0 Å². The van der Waals surface area contributed by atoms with Crippen molar-refractivity contribution < 1.29 is 9.53 Å². The van der Waals surface area contributed by atoms with E-state index in [1.165, 1.54) is 0 Å². The fraction of sp³-hybridized carbons (Fsp3) is 0.286. The van der Waals surface area contributed by atoms with Crippen LogP contribution in [0.3, 0.4) is 0 Å². The molecule has 2 unspecified atom stereocenters. The van der Waals surface area contributed by atoms with Gasteiger partial charge in [0.2, 0.25) is 5.82 Å². The molecule has 0 saturated carbocycles. The van der Waals surface area contributed by atoms with Gasteiger partial charge >= 0.3 is 0 Å². The molecule has 1 amide bonds. The van der Waals surface area contributed by atoms with Gasteiger partial charge in [0, 0.05) is 12.1 Å². The van der Waals surface area contributed by atoms with Crippen molar-refractivity contribution in [3.05, 3.63) is 66.5 Å². The molecule has 1 fully saturated rings. The number of hydrogen-bond donors (Lipinski definition) is 0. The molecule has 1 saturated heterocycles. The van der Waals surface area contributed by atoms with Crippen LogP contribution in [0, 0.1) is 0 Å². The average molecular weight is 362 g/mol. The average Bonchev–Trinajstić information content (AvgIpc) is 3.16. The van der Waals surface area contributed by atoms with Crippen LogP contribution in [0.4, 0.5) is 0 Å². The zero-order valence-electron chi connectivity index (χ0n) is 15.4. The molecule has 138 valence electrons. The first kappa shape index (κ1) is 17.4. The number of nitrogens with zero attached hydrogens (tertiary/aromatic N) is 4. The fourth-order valence-corrected chi connectivity index (χ4v) is 3.24. The number of para-hydroxylation sites is 1. The van der Waals surface area contributed by atoms with Crippen molar-refractivity contribution in [1.29, 1.82) is 0 Å². The number of ether oxygens (including phenoxy) is 1. The van der Waals surface area contributed by atoms with Crippen LogP contribution in [0.2, 0.25) is 0 Å². The second kappa shape index (κ2) is 7.32. The zero-order chi connectivity index (χ0) is 18.8. The number of morpholine rings is 1. The van der Waals surface area contributed by atoms with Gasteiger partial charge in [-0.15, -0.1) is 5.10 Å². The van der Waals surface area contributed by atoms with E-state index in [1.54, 1.807) is 9.58 Å². The van der Waals surface area contributed by atoms with Crippen molar-refractivity contribution in [2.45, 2.75) is 26.0 Å². The molecule has 0 aliphatic carbocycles. The van der Waals surface area contributed by atoms with Crippen molar-refractivity contribution >= 4 is 5.91 Å². The third kappa shape index (κ3) is 3.48. The van der Waals surface area contributed by atoms with E-state index in [4.69, 9.17) is 4.74 Å². The van der Waals surface area contributed by atoms with Gasteiger partial charge in [0.25, 0.3) is 5.91 Å². The first-order valence-corrected chi connectivity index (χ1v) is 9.14. The van der Waals surface area contributed by atoms with Gasteiger partial charge in [0.05, 0.1) is 24.4 Å². The molecular weight excluding hydrogens is 340 g/mol. The van der Waals surface area contributed by atoms with Crippen molar-refractivity contribution in [2.75, 3.05) is 13.2 Å². The minimum absolute atomic E-state index is 0.00227. The largest absolute Gasteiger partial charge is 0.375 e. The van der Waals surface area contributed by atoms with E-state index in [0.717, 1.165) is 11.3 Å². The third-order valence-corrected chi connectivity index (χ3v) is 4.70. The summed E-state index contributed by atoms with van der Waals surface area (Å²) in [7, 11) is 0. The maximum absolute atomic E-state index is 13.1. The van der Waals surface area contributed by atoms with Gasteiger partial charge in [-0.2, -0.15) is 0 Å². The van der Waals surface area contributed by atoms with Crippen LogP contribution in [0.15, 0.2) is 60.7 Å². The summed E-state index contributed by atoms with van der Waals surface area (Å²) in [4.78, 5) is 19.5. The fourth-order valence-electron chi connectivity index (χ4n) is 3.24. The summed E-state index contributed by atoms with van der Waals surface area (Å²) in [6, 6.07) is 19.5. The molecule has 0 spiro atoms. The second-order valence-corrected chi connectivity index (χ2v) is 6.82. The Morgan fingerprint density at radius 3 is 2.41 bits per heavy atom. The van der Waals surface area contributed by atoms with Gasteiger partial charge in [0.15, 0.2) is 5.82 Å². The molecule has 1 aliphatic heterocycles. The van der Waals surface area contributed by atoms with E-state index < -0.39 is 0 Å². The predicted molar refractivity (Wildman–Crippen MR) is 103 cm³/mol. The Morgan fingerprint density at radius 2 is 1.70 bits per heavy atom. The van der Waals surface area contributed by atoms with Gasteiger partial charge in [-0.05, 0) is 26.0 Å². The van der Waals surface area contributed by atoms with Crippen LogP contribution in [-0.2, 0) is 4.74 Å². The Labute approximate surface area is 158 Å². The van der Waals surface area contributed by atoms with E-state index in [9.17, 15) is 4.79 Å². The summed E-state index contributed by atoms with van der Waals surface area (Å²) in [6.07, 6.45) is 0.00922. The summed E-state index contributed by atoms with van der Waals surface area (Å²) in [6.45, 7) is 5.02. The number of amides is 1. The molecule has 2 aromatic carbocycles. The third-order valence-electron chi connectivity index (χ3n) is 4.70. The Hall–Kier alpha value is -2.99. The highest BCUT2D eigenvalue weighted by Gasteiger charge is 2.31. The van der Waals surface area contributed by atoms with E-state index in [1.807, 2.05) is 74.5 Å². The normalized spacial score (nSPS) is 19.9. The summed E-state index contributed by atoms with van der Waals surface area (Å²) in [5.41, 5.74) is 1.78. The Balaban J connectivity index is 1.76. The van der Waals surface area contributed by atoms with Crippen LogP contribution in [0.1, 0.15) is 24.5 Å². The van der Waals surface area contributed by atoms with E-state index in [-0.39, 0.29) is 23.9 Å². The van der Waals surface area contributed by atoms with Crippen molar-refractivity contribution in [3.8, 4) is 17.1 Å². The number of aromatic nitrogens is 3. The topological polar surface area (TPSA) is 60.2 Å². The van der Waals surface area contributed by atoms with Crippen LogP contribution in [0.5, 0.6) is 0 Å². The summed E-state index contributed by atoms with van der Waals surface area (Å²) < 4.78 is 7.37. The lowest BCUT2D eigenvalue weighted by atomic mass is 10.2. The SMILES string of the molecule is CC1CN(C(=O)c2nc(-c3ccccc3)n(-c3ccccc3)n2)C(C)CO1. The molecular formula is C21H22N4O2. The molecule has 3 aromatic rings. The Kier molecular flexibility index (Phi) is 4.73. The molecule has 0 N–H and O–H groups in total. The smallest absolute Gasteiger partial charge is 0.293 e. The van der Waals surface area contributed by atoms with Gasteiger partial charge in [-0.25, -0.2) is 9.67 Å². The van der Waals surface area contributed by atoms with Crippen LogP contribution < -0.4 is 0 Å². The molecule has 1 aliphatic rings. The highest BCUT2D eigenvalue weighted by atomic mass is 16.5.